The Hall–Kier alpha value is -2.48. The number of hydrogen-bond donors (Lipinski definition) is 1. The summed E-state index contributed by atoms with van der Waals surface area (Å²) in [7, 11) is 0. The van der Waals surface area contributed by atoms with Crippen molar-refractivity contribution >= 4 is 17.7 Å². The second-order valence-corrected chi connectivity index (χ2v) is 8.89. The largest absolute Gasteiger partial charge is 0.376 e. The summed E-state index contributed by atoms with van der Waals surface area (Å²) in [6, 6.07) is 4.32. The third-order valence-electron chi connectivity index (χ3n) is 6.69. The Bertz CT molecular complexity index is 874. The maximum absolute atomic E-state index is 13.4. The van der Waals surface area contributed by atoms with E-state index in [1.165, 1.54) is 31.0 Å². The summed E-state index contributed by atoms with van der Waals surface area (Å²) in [5.74, 6) is -0.254. The quantitative estimate of drug-likeness (QED) is 0.787. The number of nitrogens with one attached hydrogen (secondary N) is 1. The summed E-state index contributed by atoms with van der Waals surface area (Å²) in [5.41, 5.74) is 0.249. The van der Waals surface area contributed by atoms with Crippen LogP contribution in [0.2, 0.25) is 0 Å². The van der Waals surface area contributed by atoms with Gasteiger partial charge in [0.2, 0.25) is 11.8 Å². The van der Waals surface area contributed by atoms with Crippen LogP contribution in [0, 0.1) is 11.7 Å². The maximum Gasteiger partial charge on any atom is 0.251 e. The molecule has 4 aliphatic rings. The molecule has 0 spiro atoms. The van der Waals surface area contributed by atoms with Gasteiger partial charge in [-0.3, -0.25) is 14.4 Å². The van der Waals surface area contributed by atoms with E-state index in [2.05, 4.69) is 5.32 Å². The van der Waals surface area contributed by atoms with E-state index < -0.39 is 17.9 Å². The normalized spacial score (nSPS) is 30.8. The number of carbonyl (C=O) groups is 3. The molecule has 4 atom stereocenters. The Morgan fingerprint density at radius 3 is 2.63 bits per heavy atom. The highest BCUT2D eigenvalue weighted by atomic mass is 19.1. The van der Waals surface area contributed by atoms with Crippen molar-refractivity contribution in [2.24, 2.45) is 5.92 Å². The van der Waals surface area contributed by atoms with Crippen LogP contribution in [0.15, 0.2) is 24.3 Å². The minimum atomic E-state index is -0.553. The van der Waals surface area contributed by atoms with Gasteiger partial charge in [-0.25, -0.2) is 4.39 Å². The molecule has 3 amide bonds. The molecule has 0 bridgehead atoms. The number of carbonyl (C=O) groups excluding carboxylic acids is 3. The van der Waals surface area contributed by atoms with Crippen LogP contribution in [0.1, 0.15) is 42.5 Å². The minimum Gasteiger partial charge on any atom is -0.376 e. The number of rotatable bonds is 5. The summed E-state index contributed by atoms with van der Waals surface area (Å²) < 4.78 is 19.3. The number of fused-ring (bicyclic) bond motifs is 2. The summed E-state index contributed by atoms with van der Waals surface area (Å²) in [6.45, 7) is 1.61. The molecule has 1 aliphatic carbocycles. The first-order chi connectivity index (χ1) is 14.5. The first-order valence-electron chi connectivity index (χ1n) is 10.8. The number of halogens is 1. The highest BCUT2D eigenvalue weighted by Gasteiger charge is 2.52. The molecular weight excluding hydrogens is 389 g/mol. The van der Waals surface area contributed by atoms with Gasteiger partial charge in [0.25, 0.3) is 5.91 Å². The fourth-order valence-corrected chi connectivity index (χ4v) is 4.83. The molecule has 0 aromatic heterocycles. The van der Waals surface area contributed by atoms with E-state index in [0.29, 0.717) is 38.3 Å². The van der Waals surface area contributed by atoms with Gasteiger partial charge >= 0.3 is 0 Å². The molecule has 1 saturated carbocycles. The number of piperazine rings is 1. The fraction of sp³-hybridized carbons (Fsp3) is 0.591. The topological polar surface area (TPSA) is 79.0 Å². The van der Waals surface area contributed by atoms with Gasteiger partial charge in [-0.2, -0.15) is 0 Å². The summed E-state index contributed by atoms with van der Waals surface area (Å²) in [6.07, 6.45) is 3.86. The smallest absolute Gasteiger partial charge is 0.251 e. The van der Waals surface area contributed by atoms with E-state index in [1.54, 1.807) is 15.9 Å². The van der Waals surface area contributed by atoms with Crippen molar-refractivity contribution in [3.8, 4) is 0 Å². The van der Waals surface area contributed by atoms with E-state index in [0.717, 1.165) is 6.61 Å². The minimum absolute atomic E-state index is 0.00738. The van der Waals surface area contributed by atoms with Crippen molar-refractivity contribution in [1.29, 1.82) is 0 Å². The van der Waals surface area contributed by atoms with Crippen LogP contribution in [-0.4, -0.2) is 71.4 Å². The van der Waals surface area contributed by atoms with Crippen LogP contribution < -0.4 is 5.32 Å². The van der Waals surface area contributed by atoms with Gasteiger partial charge in [-0.05, 0) is 49.8 Å². The summed E-state index contributed by atoms with van der Waals surface area (Å²) in [5, 5.41) is 2.90. The van der Waals surface area contributed by atoms with E-state index in [1.807, 2.05) is 0 Å². The van der Waals surface area contributed by atoms with Gasteiger partial charge in [-0.15, -0.1) is 0 Å². The highest BCUT2D eigenvalue weighted by Crippen LogP contribution is 2.34. The van der Waals surface area contributed by atoms with Crippen LogP contribution in [0.25, 0.3) is 0 Å². The predicted molar refractivity (Wildman–Crippen MR) is 105 cm³/mol. The van der Waals surface area contributed by atoms with Crippen LogP contribution in [0.3, 0.4) is 0 Å². The van der Waals surface area contributed by atoms with Crippen molar-refractivity contribution in [2.45, 2.75) is 56.3 Å². The SMILES string of the molecule is O=C(NC1CCN2C(=O)C3CC(OCC4CC4)CN3C(=O)C2C1)c1cccc(F)c1. The second kappa shape index (κ2) is 7.65. The lowest BCUT2D eigenvalue weighted by Crippen LogP contribution is -2.66. The zero-order valence-electron chi connectivity index (χ0n) is 16.8. The molecule has 1 aromatic carbocycles. The molecule has 5 rings (SSSR count). The van der Waals surface area contributed by atoms with Crippen molar-refractivity contribution in [2.75, 3.05) is 19.7 Å². The molecule has 1 N–H and O–H groups in total. The first kappa shape index (κ1) is 19.5. The monoisotopic (exact) mass is 415 g/mol. The molecule has 3 heterocycles. The molecule has 0 radical (unpaired) electrons. The first-order valence-corrected chi connectivity index (χ1v) is 10.8. The van der Waals surface area contributed by atoms with Gasteiger partial charge in [0.1, 0.15) is 17.9 Å². The zero-order valence-corrected chi connectivity index (χ0v) is 16.8. The van der Waals surface area contributed by atoms with Gasteiger partial charge in [-0.1, -0.05) is 6.07 Å². The Balaban J connectivity index is 1.23. The van der Waals surface area contributed by atoms with Crippen LogP contribution in [0.4, 0.5) is 4.39 Å². The number of benzene rings is 1. The lowest BCUT2D eigenvalue weighted by atomic mass is 9.92. The number of nitrogens with zero attached hydrogens (tertiary/aromatic N) is 2. The Kier molecular flexibility index (Phi) is 4.97. The molecule has 4 fully saturated rings. The molecule has 8 heteroatoms. The molecule has 4 unspecified atom stereocenters. The maximum atomic E-state index is 13.4. The molecular formula is C22H26FN3O4. The van der Waals surface area contributed by atoms with E-state index in [4.69, 9.17) is 4.74 Å². The van der Waals surface area contributed by atoms with Crippen LogP contribution in [0.5, 0.6) is 0 Å². The standard InChI is InChI=1S/C22H26FN3O4/c23-15-3-1-2-14(8-15)20(27)24-16-6-7-25-18(9-16)22(29)26-11-17(10-19(26)21(25)28)30-12-13-4-5-13/h1-3,8,13,16-19H,4-7,9-12H2,(H,24,27). The average Bonchev–Trinajstić information content (AvgIpc) is 3.47. The van der Waals surface area contributed by atoms with E-state index >= 15 is 0 Å². The molecule has 7 nitrogen and oxygen atoms in total. The predicted octanol–water partition coefficient (Wildman–Crippen LogP) is 1.32. The average molecular weight is 415 g/mol. The number of ether oxygens (including phenoxy) is 1. The van der Waals surface area contributed by atoms with Gasteiger partial charge < -0.3 is 19.9 Å². The van der Waals surface area contributed by atoms with Gasteiger partial charge in [0.15, 0.2) is 0 Å². The Morgan fingerprint density at radius 2 is 1.87 bits per heavy atom. The summed E-state index contributed by atoms with van der Waals surface area (Å²) >= 11 is 0. The molecule has 3 aliphatic heterocycles. The van der Waals surface area contributed by atoms with Crippen molar-refractivity contribution < 1.29 is 23.5 Å². The summed E-state index contributed by atoms with van der Waals surface area (Å²) in [4.78, 5) is 42.0. The highest BCUT2D eigenvalue weighted by molar-refractivity contribution is 5.98. The number of amides is 3. The second-order valence-electron chi connectivity index (χ2n) is 8.89. The molecule has 3 saturated heterocycles. The lowest BCUT2D eigenvalue weighted by Gasteiger charge is -2.46. The molecule has 160 valence electrons. The van der Waals surface area contributed by atoms with Gasteiger partial charge in [0, 0.05) is 37.7 Å². The number of piperidine rings is 1. The fourth-order valence-electron chi connectivity index (χ4n) is 4.83. The zero-order chi connectivity index (χ0) is 20.8. The molecule has 30 heavy (non-hydrogen) atoms. The number of hydrogen-bond acceptors (Lipinski definition) is 4. The van der Waals surface area contributed by atoms with Gasteiger partial charge in [0.05, 0.1) is 6.10 Å². The van der Waals surface area contributed by atoms with Crippen molar-refractivity contribution in [1.82, 2.24) is 15.1 Å². The third-order valence-corrected chi connectivity index (χ3v) is 6.69. The van der Waals surface area contributed by atoms with Crippen molar-refractivity contribution in [3.63, 3.8) is 0 Å². The Labute approximate surface area is 174 Å². The van der Waals surface area contributed by atoms with Crippen molar-refractivity contribution in [3.05, 3.63) is 35.6 Å². The lowest BCUT2D eigenvalue weighted by molar-refractivity contribution is -0.161. The van der Waals surface area contributed by atoms with Crippen LogP contribution >= 0.6 is 0 Å². The van der Waals surface area contributed by atoms with E-state index in [9.17, 15) is 18.8 Å². The molecule has 1 aromatic rings. The van der Waals surface area contributed by atoms with E-state index in [-0.39, 0.29) is 35.4 Å². The Morgan fingerprint density at radius 1 is 1.10 bits per heavy atom. The third kappa shape index (κ3) is 3.69. The van der Waals surface area contributed by atoms with Crippen LogP contribution in [-0.2, 0) is 14.3 Å².